The zero-order valence-electron chi connectivity index (χ0n) is 11.9. The highest BCUT2D eigenvalue weighted by molar-refractivity contribution is 9.10. The molecule has 2 aromatic carbocycles. The van der Waals surface area contributed by atoms with Crippen LogP contribution in [0.5, 0.6) is 0 Å². The lowest BCUT2D eigenvalue weighted by Crippen LogP contribution is -2.22. The molecule has 0 radical (unpaired) electrons. The molecule has 0 N–H and O–H groups in total. The Morgan fingerprint density at radius 1 is 1.18 bits per heavy atom. The van der Waals surface area contributed by atoms with E-state index in [4.69, 9.17) is 0 Å². The summed E-state index contributed by atoms with van der Waals surface area (Å²) < 4.78 is 27.3. The molecule has 0 heterocycles. The molecule has 2 aromatic rings. The van der Waals surface area contributed by atoms with Crippen molar-refractivity contribution in [2.45, 2.75) is 13.5 Å². The maximum Gasteiger partial charge on any atom is 0.223 e. The summed E-state index contributed by atoms with van der Waals surface area (Å²) in [5.41, 5.74) is 1.30. The van der Waals surface area contributed by atoms with Gasteiger partial charge in [0.2, 0.25) is 5.91 Å². The lowest BCUT2D eigenvalue weighted by Gasteiger charge is -2.16. The Kier molecular flexibility index (Phi) is 5.44. The minimum atomic E-state index is -0.659. The van der Waals surface area contributed by atoms with Gasteiger partial charge in [0.05, 0.1) is 6.54 Å². The topological polar surface area (TPSA) is 20.3 Å². The number of benzene rings is 2. The molecule has 5 heteroatoms. The fourth-order valence-electron chi connectivity index (χ4n) is 1.95. The minimum absolute atomic E-state index is 0.102. The molecular formula is C17H14BrF2NO. The summed E-state index contributed by atoms with van der Waals surface area (Å²) in [6.45, 7) is 1.50. The second-order valence-corrected chi connectivity index (χ2v) is 5.62. The number of carbonyl (C=O) groups is 1. The van der Waals surface area contributed by atoms with Gasteiger partial charge in [0, 0.05) is 23.7 Å². The molecule has 0 saturated heterocycles. The zero-order valence-corrected chi connectivity index (χ0v) is 13.5. The fourth-order valence-corrected chi connectivity index (χ4v) is 2.37. The number of halogens is 3. The van der Waals surface area contributed by atoms with Gasteiger partial charge < -0.3 is 4.90 Å². The Balaban J connectivity index is 2.20. The Morgan fingerprint density at radius 3 is 2.41 bits per heavy atom. The third kappa shape index (κ3) is 4.49. The van der Waals surface area contributed by atoms with Crippen LogP contribution in [0.2, 0.25) is 0 Å². The van der Waals surface area contributed by atoms with Gasteiger partial charge in [-0.3, -0.25) is 4.79 Å². The molecule has 2 nitrogen and oxygen atoms in total. The van der Waals surface area contributed by atoms with Crippen LogP contribution in [0.1, 0.15) is 18.1 Å². The number of rotatable bonds is 4. The summed E-state index contributed by atoms with van der Waals surface area (Å²) >= 11 is 3.42. The highest BCUT2D eigenvalue weighted by Crippen LogP contribution is 2.18. The predicted octanol–water partition coefficient (Wildman–Crippen LogP) is 4.75. The van der Waals surface area contributed by atoms with E-state index >= 15 is 0 Å². The van der Waals surface area contributed by atoms with Crippen LogP contribution in [-0.4, -0.2) is 10.8 Å². The largest absolute Gasteiger partial charge is 0.315 e. The van der Waals surface area contributed by atoms with Crippen molar-refractivity contribution in [1.82, 2.24) is 4.90 Å². The van der Waals surface area contributed by atoms with Crippen molar-refractivity contribution in [2.24, 2.45) is 0 Å². The van der Waals surface area contributed by atoms with Crippen LogP contribution in [-0.2, 0) is 11.3 Å². The second kappa shape index (κ2) is 7.31. The van der Waals surface area contributed by atoms with Crippen LogP contribution in [0, 0.1) is 11.6 Å². The van der Waals surface area contributed by atoms with Crippen molar-refractivity contribution >= 4 is 27.9 Å². The molecule has 0 fully saturated rings. The third-order valence-corrected chi connectivity index (χ3v) is 3.74. The number of hydrogen-bond donors (Lipinski definition) is 0. The molecule has 22 heavy (non-hydrogen) atoms. The Labute approximate surface area is 136 Å². The van der Waals surface area contributed by atoms with Crippen LogP contribution >= 0.6 is 15.9 Å². The van der Waals surface area contributed by atoms with E-state index < -0.39 is 11.6 Å². The van der Waals surface area contributed by atoms with Gasteiger partial charge >= 0.3 is 0 Å². The molecule has 2 rings (SSSR count). The standard InChI is InChI=1S/C17H14BrF2NO/c1-12(22)21(7-6-14-4-2-3-5-17(14)18)11-13-8-15(19)10-16(20)9-13/h2-10H,11H2,1H3/b7-6+. The fraction of sp³-hybridized carbons (Fsp3) is 0.118. The monoisotopic (exact) mass is 365 g/mol. The van der Waals surface area contributed by atoms with E-state index in [1.54, 1.807) is 12.3 Å². The average Bonchev–Trinajstić information content (AvgIpc) is 2.43. The van der Waals surface area contributed by atoms with Crippen LogP contribution in [0.3, 0.4) is 0 Å². The quantitative estimate of drug-likeness (QED) is 0.765. The van der Waals surface area contributed by atoms with E-state index in [1.807, 2.05) is 24.3 Å². The molecule has 0 saturated carbocycles. The highest BCUT2D eigenvalue weighted by atomic mass is 79.9. The molecular weight excluding hydrogens is 352 g/mol. The molecule has 0 aliphatic carbocycles. The summed E-state index contributed by atoms with van der Waals surface area (Å²) in [5, 5.41) is 0. The minimum Gasteiger partial charge on any atom is -0.315 e. The summed E-state index contributed by atoms with van der Waals surface area (Å²) in [7, 11) is 0. The maximum atomic E-state index is 13.2. The van der Waals surface area contributed by atoms with Crippen LogP contribution in [0.15, 0.2) is 53.1 Å². The molecule has 0 spiro atoms. The van der Waals surface area contributed by atoms with Gasteiger partial charge in [-0.2, -0.15) is 0 Å². The number of amides is 1. The van der Waals surface area contributed by atoms with E-state index in [0.29, 0.717) is 5.56 Å². The SMILES string of the molecule is CC(=O)N(/C=C/c1ccccc1Br)Cc1cc(F)cc(F)c1. The lowest BCUT2D eigenvalue weighted by molar-refractivity contribution is -0.126. The molecule has 0 aliphatic rings. The van der Waals surface area contributed by atoms with Crippen molar-refractivity contribution in [2.75, 3.05) is 0 Å². The highest BCUT2D eigenvalue weighted by Gasteiger charge is 2.08. The smallest absolute Gasteiger partial charge is 0.223 e. The van der Waals surface area contributed by atoms with Crippen molar-refractivity contribution in [3.63, 3.8) is 0 Å². The zero-order chi connectivity index (χ0) is 16.1. The predicted molar refractivity (Wildman–Crippen MR) is 85.8 cm³/mol. The summed E-state index contributed by atoms with van der Waals surface area (Å²) in [6, 6.07) is 10.8. The van der Waals surface area contributed by atoms with E-state index in [2.05, 4.69) is 15.9 Å². The molecule has 114 valence electrons. The van der Waals surface area contributed by atoms with Gasteiger partial charge in [0.1, 0.15) is 11.6 Å². The summed E-state index contributed by atoms with van der Waals surface area (Å²) in [5.74, 6) is -1.53. The summed E-state index contributed by atoms with van der Waals surface area (Å²) in [4.78, 5) is 13.1. The number of hydrogen-bond acceptors (Lipinski definition) is 1. The first-order valence-electron chi connectivity index (χ1n) is 6.60. The van der Waals surface area contributed by atoms with Gasteiger partial charge in [-0.1, -0.05) is 34.1 Å². The molecule has 0 atom stereocenters. The average molecular weight is 366 g/mol. The van der Waals surface area contributed by atoms with Gasteiger partial charge in [-0.15, -0.1) is 0 Å². The van der Waals surface area contributed by atoms with Crippen molar-refractivity contribution in [1.29, 1.82) is 0 Å². The second-order valence-electron chi connectivity index (χ2n) is 4.76. The van der Waals surface area contributed by atoms with Gasteiger partial charge in [-0.05, 0) is 35.4 Å². The molecule has 0 unspecified atom stereocenters. The van der Waals surface area contributed by atoms with Crippen molar-refractivity contribution < 1.29 is 13.6 Å². The van der Waals surface area contributed by atoms with Crippen LogP contribution < -0.4 is 0 Å². The number of carbonyl (C=O) groups excluding carboxylic acids is 1. The van der Waals surface area contributed by atoms with Crippen molar-refractivity contribution in [3.8, 4) is 0 Å². The Bertz CT molecular complexity index is 695. The first-order valence-corrected chi connectivity index (χ1v) is 7.40. The van der Waals surface area contributed by atoms with E-state index in [-0.39, 0.29) is 12.5 Å². The normalized spacial score (nSPS) is 10.9. The Hall–Kier alpha value is -2.01. The van der Waals surface area contributed by atoms with Crippen molar-refractivity contribution in [3.05, 3.63) is 75.9 Å². The van der Waals surface area contributed by atoms with E-state index in [1.165, 1.54) is 24.0 Å². The Morgan fingerprint density at radius 2 is 1.82 bits per heavy atom. The first-order chi connectivity index (χ1) is 10.5. The van der Waals surface area contributed by atoms with E-state index in [9.17, 15) is 13.6 Å². The molecule has 0 aliphatic heterocycles. The molecule has 0 bridgehead atoms. The summed E-state index contributed by atoms with van der Waals surface area (Å²) in [6.07, 6.45) is 3.37. The van der Waals surface area contributed by atoms with Gasteiger partial charge in [-0.25, -0.2) is 8.78 Å². The number of nitrogens with zero attached hydrogens (tertiary/aromatic N) is 1. The van der Waals surface area contributed by atoms with Crippen LogP contribution in [0.4, 0.5) is 8.78 Å². The lowest BCUT2D eigenvalue weighted by atomic mass is 10.2. The first kappa shape index (κ1) is 16.4. The van der Waals surface area contributed by atoms with Gasteiger partial charge in [0.15, 0.2) is 0 Å². The molecule has 1 amide bonds. The van der Waals surface area contributed by atoms with E-state index in [0.717, 1.165) is 16.1 Å². The third-order valence-electron chi connectivity index (χ3n) is 3.02. The van der Waals surface area contributed by atoms with Crippen LogP contribution in [0.25, 0.3) is 6.08 Å². The molecule has 0 aromatic heterocycles. The van der Waals surface area contributed by atoms with Gasteiger partial charge in [0.25, 0.3) is 0 Å². The maximum absolute atomic E-state index is 13.2.